The quantitative estimate of drug-likeness (QED) is 0.821. The number of tetrazole rings is 1. The molecule has 0 atom stereocenters. The van der Waals surface area contributed by atoms with E-state index in [1.165, 1.54) is 5.56 Å². The number of halogens is 1. The molecule has 0 fully saturated rings. The van der Waals surface area contributed by atoms with Gasteiger partial charge in [-0.1, -0.05) is 13.0 Å². The van der Waals surface area contributed by atoms with Crippen molar-refractivity contribution in [3.63, 3.8) is 0 Å². The predicted molar refractivity (Wildman–Crippen MR) is 56.2 cm³/mol. The molecule has 2 aromatic rings. The summed E-state index contributed by atoms with van der Waals surface area (Å²) in [6.07, 6.45) is 2.60. The van der Waals surface area contributed by atoms with E-state index >= 15 is 0 Å². The molecule has 0 N–H and O–H groups in total. The van der Waals surface area contributed by atoms with Gasteiger partial charge in [0.05, 0.1) is 5.69 Å². The smallest absolute Gasteiger partial charge is 0.143 e. The maximum atomic E-state index is 3.83. The number of aromatic nitrogens is 4. The van der Waals surface area contributed by atoms with Crippen LogP contribution in [0.2, 0.25) is 0 Å². The number of rotatable bonds is 2. The minimum absolute atomic E-state index is 0.951. The molecule has 0 unspecified atom stereocenters. The second-order valence-corrected chi connectivity index (χ2v) is 3.75. The SMILES string of the molecule is CCc1ccc(-n2cnnn2)c(Br)c1. The topological polar surface area (TPSA) is 43.6 Å². The minimum atomic E-state index is 0.951. The van der Waals surface area contributed by atoms with Crippen molar-refractivity contribution in [1.82, 2.24) is 20.2 Å². The summed E-state index contributed by atoms with van der Waals surface area (Å²) in [6, 6.07) is 6.15. The third-order valence-corrected chi connectivity index (χ3v) is 2.65. The molecule has 0 saturated heterocycles. The van der Waals surface area contributed by atoms with Gasteiger partial charge in [0.1, 0.15) is 6.33 Å². The van der Waals surface area contributed by atoms with E-state index in [2.05, 4.69) is 50.5 Å². The van der Waals surface area contributed by atoms with Crippen LogP contribution in [-0.2, 0) is 6.42 Å². The van der Waals surface area contributed by atoms with Gasteiger partial charge in [-0.05, 0) is 50.5 Å². The minimum Gasteiger partial charge on any atom is -0.199 e. The Balaban J connectivity index is 2.46. The molecule has 5 heteroatoms. The van der Waals surface area contributed by atoms with Gasteiger partial charge in [0.15, 0.2) is 0 Å². The fourth-order valence-corrected chi connectivity index (χ4v) is 1.84. The number of nitrogens with zero attached hydrogens (tertiary/aromatic N) is 4. The van der Waals surface area contributed by atoms with E-state index in [0.717, 1.165) is 16.6 Å². The van der Waals surface area contributed by atoms with Crippen LogP contribution >= 0.6 is 15.9 Å². The Morgan fingerprint density at radius 1 is 1.43 bits per heavy atom. The summed E-state index contributed by atoms with van der Waals surface area (Å²) >= 11 is 3.49. The standard InChI is InChI=1S/C9H9BrN4/c1-2-7-3-4-9(8(10)5-7)14-6-11-12-13-14/h3-6H,2H2,1H3. The Kier molecular flexibility index (Phi) is 2.58. The van der Waals surface area contributed by atoms with Gasteiger partial charge < -0.3 is 0 Å². The van der Waals surface area contributed by atoms with Crippen LogP contribution < -0.4 is 0 Å². The summed E-state index contributed by atoms with van der Waals surface area (Å²) in [5.41, 5.74) is 2.24. The molecule has 0 aliphatic rings. The van der Waals surface area contributed by atoms with E-state index in [9.17, 15) is 0 Å². The molecular formula is C9H9BrN4. The molecule has 0 bridgehead atoms. The molecule has 1 aromatic heterocycles. The van der Waals surface area contributed by atoms with Crippen LogP contribution in [0, 0.1) is 0 Å². The van der Waals surface area contributed by atoms with Crippen molar-refractivity contribution < 1.29 is 0 Å². The summed E-state index contributed by atoms with van der Waals surface area (Å²) in [7, 11) is 0. The van der Waals surface area contributed by atoms with E-state index < -0.39 is 0 Å². The first-order chi connectivity index (χ1) is 6.81. The molecule has 14 heavy (non-hydrogen) atoms. The van der Waals surface area contributed by atoms with Crippen LogP contribution in [0.5, 0.6) is 0 Å². The Hall–Kier alpha value is -1.23. The largest absolute Gasteiger partial charge is 0.199 e. The van der Waals surface area contributed by atoms with Gasteiger partial charge >= 0.3 is 0 Å². The summed E-state index contributed by atoms with van der Waals surface area (Å²) in [5, 5.41) is 11.0. The Bertz CT molecular complexity index is 424. The lowest BCUT2D eigenvalue weighted by atomic mass is 10.1. The van der Waals surface area contributed by atoms with Gasteiger partial charge in [0, 0.05) is 4.47 Å². The summed E-state index contributed by atoms with van der Waals surface area (Å²) in [4.78, 5) is 0. The molecule has 2 rings (SSSR count). The van der Waals surface area contributed by atoms with E-state index in [1.807, 2.05) is 6.07 Å². The third kappa shape index (κ3) is 1.68. The van der Waals surface area contributed by atoms with Crippen molar-refractivity contribution in [2.75, 3.05) is 0 Å². The first kappa shape index (κ1) is 9.33. The van der Waals surface area contributed by atoms with Crippen molar-refractivity contribution in [3.8, 4) is 5.69 Å². The Morgan fingerprint density at radius 3 is 2.86 bits per heavy atom. The zero-order valence-electron chi connectivity index (χ0n) is 7.68. The second-order valence-electron chi connectivity index (χ2n) is 2.89. The lowest BCUT2D eigenvalue weighted by molar-refractivity contribution is 0.786. The first-order valence-electron chi connectivity index (χ1n) is 4.33. The second kappa shape index (κ2) is 3.88. The molecule has 0 radical (unpaired) electrons. The van der Waals surface area contributed by atoms with Gasteiger partial charge in [-0.15, -0.1) is 5.10 Å². The fraction of sp³-hybridized carbons (Fsp3) is 0.222. The highest BCUT2D eigenvalue weighted by atomic mass is 79.9. The van der Waals surface area contributed by atoms with E-state index in [4.69, 9.17) is 0 Å². The molecular weight excluding hydrogens is 244 g/mol. The van der Waals surface area contributed by atoms with Gasteiger partial charge in [0.25, 0.3) is 0 Å². The van der Waals surface area contributed by atoms with Crippen molar-refractivity contribution in [1.29, 1.82) is 0 Å². The number of benzene rings is 1. The van der Waals surface area contributed by atoms with Gasteiger partial charge in [-0.3, -0.25) is 0 Å². The van der Waals surface area contributed by atoms with Crippen molar-refractivity contribution in [2.24, 2.45) is 0 Å². The van der Waals surface area contributed by atoms with E-state index in [0.29, 0.717) is 0 Å². The van der Waals surface area contributed by atoms with E-state index in [-0.39, 0.29) is 0 Å². The molecule has 4 nitrogen and oxygen atoms in total. The number of hydrogen-bond donors (Lipinski definition) is 0. The number of aryl methyl sites for hydroxylation is 1. The summed E-state index contributed by atoms with van der Waals surface area (Å²) in [5.74, 6) is 0. The van der Waals surface area contributed by atoms with Crippen molar-refractivity contribution >= 4 is 15.9 Å². The molecule has 0 saturated carbocycles. The molecule has 72 valence electrons. The lowest BCUT2D eigenvalue weighted by Crippen LogP contribution is -1.96. The highest BCUT2D eigenvalue weighted by Crippen LogP contribution is 2.21. The molecule has 0 amide bonds. The average molecular weight is 253 g/mol. The van der Waals surface area contributed by atoms with Gasteiger partial charge in [0.2, 0.25) is 0 Å². The maximum Gasteiger partial charge on any atom is 0.143 e. The van der Waals surface area contributed by atoms with Crippen LogP contribution in [-0.4, -0.2) is 20.2 Å². The van der Waals surface area contributed by atoms with Crippen molar-refractivity contribution in [3.05, 3.63) is 34.6 Å². The molecule has 0 aliphatic carbocycles. The van der Waals surface area contributed by atoms with Gasteiger partial charge in [-0.25, -0.2) is 0 Å². The highest BCUT2D eigenvalue weighted by molar-refractivity contribution is 9.10. The predicted octanol–water partition coefficient (Wildman–Crippen LogP) is 1.99. The van der Waals surface area contributed by atoms with Crippen LogP contribution in [0.1, 0.15) is 12.5 Å². The maximum absolute atomic E-state index is 3.83. The number of hydrogen-bond acceptors (Lipinski definition) is 3. The summed E-state index contributed by atoms with van der Waals surface area (Å²) in [6.45, 7) is 2.12. The highest BCUT2D eigenvalue weighted by Gasteiger charge is 2.03. The van der Waals surface area contributed by atoms with Crippen LogP contribution in [0.15, 0.2) is 29.0 Å². The monoisotopic (exact) mass is 252 g/mol. The molecule has 0 aliphatic heterocycles. The van der Waals surface area contributed by atoms with Crippen molar-refractivity contribution in [2.45, 2.75) is 13.3 Å². The fourth-order valence-electron chi connectivity index (χ4n) is 1.23. The normalized spacial score (nSPS) is 10.4. The van der Waals surface area contributed by atoms with Crippen LogP contribution in [0.3, 0.4) is 0 Å². The van der Waals surface area contributed by atoms with Crippen LogP contribution in [0.4, 0.5) is 0 Å². The third-order valence-electron chi connectivity index (χ3n) is 2.02. The first-order valence-corrected chi connectivity index (χ1v) is 5.12. The van der Waals surface area contributed by atoms with Gasteiger partial charge in [-0.2, -0.15) is 4.68 Å². The Labute approximate surface area is 90.1 Å². The summed E-state index contributed by atoms with van der Waals surface area (Å²) < 4.78 is 2.63. The average Bonchev–Trinajstić information content (AvgIpc) is 2.70. The lowest BCUT2D eigenvalue weighted by Gasteiger charge is -2.04. The zero-order chi connectivity index (χ0) is 9.97. The van der Waals surface area contributed by atoms with E-state index in [1.54, 1.807) is 11.0 Å². The molecule has 1 heterocycles. The Morgan fingerprint density at radius 2 is 2.29 bits per heavy atom. The van der Waals surface area contributed by atoms with Crippen LogP contribution in [0.25, 0.3) is 5.69 Å². The molecule has 0 spiro atoms. The molecule has 1 aromatic carbocycles. The zero-order valence-corrected chi connectivity index (χ0v) is 9.27.